The Hall–Kier alpha value is -1.91. The third-order valence-electron chi connectivity index (χ3n) is 2.12. The van der Waals surface area contributed by atoms with Crippen molar-refractivity contribution >= 4 is 12.2 Å². The van der Waals surface area contributed by atoms with Gasteiger partial charge in [0, 0.05) is 12.4 Å². The molecule has 1 aliphatic rings. The first-order valence-corrected chi connectivity index (χ1v) is 4.89. The maximum absolute atomic E-state index is 4.29. The van der Waals surface area contributed by atoms with Gasteiger partial charge in [-0.05, 0) is 17.7 Å². The largest absolute Gasteiger partial charge is 0.369 e. The molecule has 2 heterocycles. The van der Waals surface area contributed by atoms with E-state index in [-0.39, 0.29) is 0 Å². The quantitative estimate of drug-likeness (QED) is 0.392. The van der Waals surface area contributed by atoms with Crippen molar-refractivity contribution in [3.05, 3.63) is 30.1 Å². The molecule has 0 bridgehead atoms. The first-order valence-electron chi connectivity index (χ1n) is 4.89. The third-order valence-corrected chi connectivity index (χ3v) is 2.12. The highest BCUT2D eigenvalue weighted by Gasteiger charge is 2.14. The molecule has 1 saturated heterocycles. The lowest BCUT2D eigenvalue weighted by atomic mass is 10.3. The number of guanidine groups is 1. The van der Waals surface area contributed by atoms with E-state index >= 15 is 0 Å². The molecule has 0 unspecified atom stereocenters. The van der Waals surface area contributed by atoms with Gasteiger partial charge < -0.3 is 0 Å². The van der Waals surface area contributed by atoms with Crippen LogP contribution in [0.5, 0.6) is 0 Å². The first kappa shape index (κ1) is 9.64. The highest BCUT2D eigenvalue weighted by molar-refractivity contribution is 5.80. The van der Waals surface area contributed by atoms with Crippen LogP contribution in [0, 0.1) is 0 Å². The van der Waals surface area contributed by atoms with Crippen LogP contribution in [0.1, 0.15) is 5.56 Å². The monoisotopic (exact) mass is 204 g/mol. The van der Waals surface area contributed by atoms with Crippen molar-refractivity contribution in [2.24, 2.45) is 5.10 Å². The summed E-state index contributed by atoms with van der Waals surface area (Å²) in [7, 11) is 1.90. The summed E-state index contributed by atoms with van der Waals surface area (Å²) in [5, 5.41) is 10.7. The standard InChI is InChI=1S/C10H13N5/c1-15(10-12-6-7-13-10)14-8-9-2-4-11-5-3-9/h2-5,8H,6-7H2,1H3,(H,12,13)/p+1. The number of hydrogen-bond donors (Lipinski definition) is 2. The van der Waals surface area contributed by atoms with Gasteiger partial charge >= 0.3 is 5.96 Å². The Balaban J connectivity index is 2.08. The lowest BCUT2D eigenvalue weighted by Crippen LogP contribution is -2.31. The van der Waals surface area contributed by atoms with Crippen molar-refractivity contribution in [2.45, 2.75) is 0 Å². The van der Waals surface area contributed by atoms with Gasteiger partial charge in [0.25, 0.3) is 0 Å². The average molecular weight is 204 g/mol. The highest BCUT2D eigenvalue weighted by Crippen LogP contribution is 1.91. The molecule has 2 N–H and O–H groups in total. The molecule has 0 spiro atoms. The van der Waals surface area contributed by atoms with E-state index in [4.69, 9.17) is 0 Å². The van der Waals surface area contributed by atoms with Gasteiger partial charge in [-0.25, -0.2) is 0 Å². The average Bonchev–Trinajstić information content (AvgIpc) is 2.81. The van der Waals surface area contributed by atoms with Gasteiger partial charge in [0.15, 0.2) is 0 Å². The summed E-state index contributed by atoms with van der Waals surface area (Å²) < 4.78 is 1.79. The molecule has 1 aliphatic heterocycles. The van der Waals surface area contributed by atoms with Gasteiger partial charge in [-0.15, -0.1) is 9.79 Å². The molecule has 78 valence electrons. The summed E-state index contributed by atoms with van der Waals surface area (Å²) in [6.45, 7) is 1.90. The molecular formula is C10H14N5+. The zero-order chi connectivity index (χ0) is 10.5. The molecule has 1 aromatic heterocycles. The summed E-state index contributed by atoms with van der Waals surface area (Å²) >= 11 is 0. The summed E-state index contributed by atoms with van der Waals surface area (Å²) in [5.41, 5.74) is 1.04. The fraction of sp³-hybridized carbons (Fsp3) is 0.300. The minimum atomic E-state index is 0.945. The van der Waals surface area contributed by atoms with Crippen molar-refractivity contribution in [1.82, 2.24) is 15.6 Å². The van der Waals surface area contributed by atoms with E-state index in [1.54, 1.807) is 23.3 Å². The fourth-order valence-electron chi connectivity index (χ4n) is 1.31. The van der Waals surface area contributed by atoms with Crippen LogP contribution in [0.3, 0.4) is 0 Å². The first-order chi connectivity index (χ1) is 7.36. The molecule has 0 aliphatic carbocycles. The molecular weight excluding hydrogens is 190 g/mol. The van der Waals surface area contributed by atoms with Gasteiger partial charge in [0.1, 0.15) is 0 Å². The molecule has 15 heavy (non-hydrogen) atoms. The van der Waals surface area contributed by atoms with E-state index in [1.165, 1.54) is 0 Å². The Morgan fingerprint density at radius 2 is 2.00 bits per heavy atom. The van der Waals surface area contributed by atoms with Crippen LogP contribution < -0.4 is 10.6 Å². The topological polar surface area (TPSA) is 52.3 Å². The molecule has 5 heteroatoms. The second-order valence-corrected chi connectivity index (χ2v) is 3.25. The molecule has 2 rings (SSSR count). The Morgan fingerprint density at radius 3 is 2.67 bits per heavy atom. The molecule has 0 aromatic carbocycles. The molecule has 0 amide bonds. The van der Waals surface area contributed by atoms with E-state index in [9.17, 15) is 0 Å². The lowest BCUT2D eigenvalue weighted by molar-refractivity contribution is -0.505. The SMILES string of the molecule is C[N+](N=Cc1ccncc1)=C1NCCN1. The van der Waals surface area contributed by atoms with Gasteiger partial charge in [0.2, 0.25) is 0 Å². The van der Waals surface area contributed by atoms with Gasteiger partial charge in [-0.2, -0.15) is 0 Å². The van der Waals surface area contributed by atoms with E-state index in [1.807, 2.05) is 19.2 Å². The summed E-state index contributed by atoms with van der Waals surface area (Å²) in [4.78, 5) is 3.94. The Kier molecular flexibility index (Phi) is 2.92. The number of hydrogen-bond acceptors (Lipinski definition) is 2. The normalized spacial score (nSPS) is 15.1. The van der Waals surface area contributed by atoms with Crippen molar-refractivity contribution in [3.63, 3.8) is 0 Å². The molecule has 0 atom stereocenters. The van der Waals surface area contributed by atoms with E-state index in [0.717, 1.165) is 24.6 Å². The summed E-state index contributed by atoms with van der Waals surface area (Å²) in [6, 6.07) is 3.83. The minimum Gasteiger partial charge on any atom is -0.273 e. The van der Waals surface area contributed by atoms with E-state index in [2.05, 4.69) is 20.7 Å². The zero-order valence-corrected chi connectivity index (χ0v) is 8.64. The predicted molar refractivity (Wildman–Crippen MR) is 59.0 cm³/mol. The van der Waals surface area contributed by atoms with E-state index in [0.29, 0.717) is 0 Å². The molecule has 1 aromatic rings. The van der Waals surface area contributed by atoms with Crippen molar-refractivity contribution in [1.29, 1.82) is 0 Å². The molecule has 5 nitrogen and oxygen atoms in total. The second kappa shape index (κ2) is 4.54. The number of pyridine rings is 1. The van der Waals surface area contributed by atoms with Crippen molar-refractivity contribution < 1.29 is 4.68 Å². The molecule has 0 radical (unpaired) electrons. The number of aromatic nitrogens is 1. The van der Waals surface area contributed by atoms with Crippen LogP contribution in [-0.4, -0.2) is 42.0 Å². The lowest BCUT2D eigenvalue weighted by Gasteiger charge is -1.96. The number of nitrogens with zero attached hydrogens (tertiary/aromatic N) is 3. The Bertz CT molecular complexity index is 374. The van der Waals surface area contributed by atoms with E-state index < -0.39 is 0 Å². The zero-order valence-electron chi connectivity index (χ0n) is 8.64. The van der Waals surface area contributed by atoms with Crippen LogP contribution in [0.2, 0.25) is 0 Å². The highest BCUT2D eigenvalue weighted by atomic mass is 15.4. The van der Waals surface area contributed by atoms with Gasteiger partial charge in [-0.1, -0.05) is 0 Å². The third kappa shape index (κ3) is 2.52. The maximum Gasteiger partial charge on any atom is 0.369 e. The maximum atomic E-state index is 4.29. The van der Waals surface area contributed by atoms with Crippen LogP contribution in [0.25, 0.3) is 0 Å². The van der Waals surface area contributed by atoms with Crippen LogP contribution in [-0.2, 0) is 0 Å². The van der Waals surface area contributed by atoms with Crippen LogP contribution in [0.15, 0.2) is 29.6 Å². The summed E-state index contributed by atoms with van der Waals surface area (Å²) in [6.07, 6.45) is 5.30. The van der Waals surface area contributed by atoms with Crippen molar-refractivity contribution in [3.8, 4) is 0 Å². The van der Waals surface area contributed by atoms with Gasteiger partial charge in [-0.3, -0.25) is 15.6 Å². The summed E-state index contributed by atoms with van der Waals surface area (Å²) in [5.74, 6) is 0.945. The minimum absolute atomic E-state index is 0.945. The smallest absolute Gasteiger partial charge is 0.273 e. The van der Waals surface area contributed by atoms with Crippen LogP contribution >= 0.6 is 0 Å². The fourth-order valence-corrected chi connectivity index (χ4v) is 1.31. The predicted octanol–water partition coefficient (Wildman–Crippen LogP) is -0.393. The second-order valence-electron chi connectivity index (χ2n) is 3.25. The molecule has 0 saturated carbocycles. The number of nitrogens with one attached hydrogen (secondary N) is 2. The van der Waals surface area contributed by atoms with Crippen molar-refractivity contribution in [2.75, 3.05) is 20.1 Å². The number of rotatable bonds is 2. The Morgan fingerprint density at radius 1 is 1.33 bits per heavy atom. The molecule has 1 fully saturated rings. The number of hydrazone groups is 1. The van der Waals surface area contributed by atoms with Gasteiger partial charge in [0.05, 0.1) is 26.4 Å². The van der Waals surface area contributed by atoms with Crippen LogP contribution in [0.4, 0.5) is 0 Å². The Labute approximate surface area is 88.5 Å².